The average Bonchev–Trinajstić information content (AvgIpc) is 3.27. The molecule has 0 radical (unpaired) electrons. The van der Waals surface area contributed by atoms with Crippen molar-refractivity contribution in [1.82, 2.24) is 10.2 Å². The van der Waals surface area contributed by atoms with Gasteiger partial charge in [-0.25, -0.2) is 13.2 Å². The molecule has 0 saturated heterocycles. The van der Waals surface area contributed by atoms with E-state index in [4.69, 9.17) is 4.74 Å². The molecule has 1 aliphatic heterocycles. The van der Waals surface area contributed by atoms with Crippen LogP contribution in [0.1, 0.15) is 55.4 Å². The summed E-state index contributed by atoms with van der Waals surface area (Å²) in [5.74, 6) is -2.56. The maximum Gasteiger partial charge on any atom is 0.404 e. The van der Waals surface area contributed by atoms with Crippen molar-refractivity contribution in [2.24, 2.45) is 16.1 Å². The van der Waals surface area contributed by atoms with Gasteiger partial charge in [0.2, 0.25) is 15.0 Å². The van der Waals surface area contributed by atoms with Crippen molar-refractivity contribution in [2.75, 3.05) is 35.1 Å². The van der Waals surface area contributed by atoms with E-state index in [0.717, 1.165) is 54.9 Å². The van der Waals surface area contributed by atoms with Gasteiger partial charge in [-0.1, -0.05) is 38.5 Å². The maximum absolute atomic E-state index is 12.8. The van der Waals surface area contributed by atoms with Crippen LogP contribution in [0.4, 0.5) is 35.4 Å². The normalized spacial score (nSPS) is 14.3. The van der Waals surface area contributed by atoms with Crippen LogP contribution in [-0.4, -0.2) is 56.2 Å². The topological polar surface area (TPSA) is 126 Å². The summed E-state index contributed by atoms with van der Waals surface area (Å²) < 4.78 is 70.2. The van der Waals surface area contributed by atoms with Gasteiger partial charge in [-0.3, -0.25) is 4.72 Å². The second kappa shape index (κ2) is 12.2. The first kappa shape index (κ1) is 28.8. The van der Waals surface area contributed by atoms with Crippen molar-refractivity contribution in [3.63, 3.8) is 0 Å². The van der Waals surface area contributed by atoms with E-state index in [0.29, 0.717) is 6.42 Å². The molecule has 1 aromatic carbocycles. The van der Waals surface area contributed by atoms with Crippen molar-refractivity contribution < 1.29 is 31.1 Å². The molecule has 204 valence electrons. The van der Waals surface area contributed by atoms with Gasteiger partial charge in [0.25, 0.3) is 5.13 Å². The molecule has 1 N–H and O–H groups in total. The molecule has 2 heterocycles. The zero-order chi connectivity index (χ0) is 27.2. The summed E-state index contributed by atoms with van der Waals surface area (Å²) >= 11 is 0.824. The Kier molecular flexibility index (Phi) is 9.45. The first-order valence-corrected chi connectivity index (χ1v) is 14.2. The Balaban J connectivity index is 1.93. The summed E-state index contributed by atoms with van der Waals surface area (Å²) in [6.45, 7) is 7.52. The van der Waals surface area contributed by atoms with E-state index >= 15 is 0 Å². The molecular weight excluding hydrogens is 533 g/mol. The number of hydrogen-bond acceptors (Lipinski definition) is 10. The number of aryl methyl sites for hydroxylation is 1. The van der Waals surface area contributed by atoms with Crippen LogP contribution >= 0.6 is 11.3 Å². The van der Waals surface area contributed by atoms with Crippen molar-refractivity contribution >= 4 is 49.5 Å². The third-order valence-electron chi connectivity index (χ3n) is 5.19. The molecule has 0 saturated carbocycles. The lowest BCUT2D eigenvalue weighted by molar-refractivity contribution is -0.106. The van der Waals surface area contributed by atoms with Crippen LogP contribution in [-0.2, 0) is 21.2 Å². The molecule has 0 spiro atoms. The zero-order valence-electron chi connectivity index (χ0n) is 20.7. The average molecular weight is 563 g/mol. The fourth-order valence-electron chi connectivity index (χ4n) is 3.60. The number of anilines is 2. The van der Waals surface area contributed by atoms with Crippen LogP contribution in [0.25, 0.3) is 0 Å². The first-order chi connectivity index (χ1) is 17.4. The minimum absolute atomic E-state index is 0.00267. The minimum atomic E-state index is -4.91. The highest BCUT2D eigenvalue weighted by atomic mass is 32.2. The quantitative estimate of drug-likeness (QED) is 0.278. The van der Waals surface area contributed by atoms with Crippen LogP contribution in [0.3, 0.4) is 0 Å². The number of alkyl halides is 3. The molecule has 3 rings (SSSR count). The van der Waals surface area contributed by atoms with Crippen LogP contribution in [0, 0.1) is 5.92 Å². The molecule has 0 bridgehead atoms. The van der Waals surface area contributed by atoms with Gasteiger partial charge < -0.3 is 9.64 Å². The van der Waals surface area contributed by atoms with Crippen molar-refractivity contribution in [3.8, 4) is 0 Å². The number of aromatic nitrogens is 2. The summed E-state index contributed by atoms with van der Waals surface area (Å²) in [4.78, 5) is 14.2. The number of sulfonamides is 1. The first-order valence-electron chi connectivity index (χ1n) is 11.8. The number of benzene rings is 1. The van der Waals surface area contributed by atoms with Crippen LogP contribution in [0.15, 0.2) is 22.4 Å². The van der Waals surface area contributed by atoms with Gasteiger partial charge in [-0.15, -0.1) is 20.4 Å². The molecule has 10 nitrogen and oxygen atoms in total. The van der Waals surface area contributed by atoms with Gasteiger partial charge in [0, 0.05) is 18.8 Å². The van der Waals surface area contributed by atoms with E-state index in [2.05, 4.69) is 25.3 Å². The third kappa shape index (κ3) is 8.62. The van der Waals surface area contributed by atoms with Crippen LogP contribution in [0.5, 0.6) is 0 Å². The predicted octanol–water partition coefficient (Wildman–Crippen LogP) is 5.62. The Morgan fingerprint density at radius 3 is 2.70 bits per heavy atom. The number of halogens is 3. The molecular formula is C22H29F3N6O4S2. The second-order valence-electron chi connectivity index (χ2n) is 9.00. The van der Waals surface area contributed by atoms with Gasteiger partial charge in [0.15, 0.2) is 5.75 Å². The minimum Gasteiger partial charge on any atom is -0.460 e. The smallest absolute Gasteiger partial charge is 0.404 e. The number of fused-ring (bicyclic) bond motifs is 1. The molecule has 0 fully saturated rings. The van der Waals surface area contributed by atoms with Crippen molar-refractivity contribution in [1.29, 1.82) is 0 Å². The van der Waals surface area contributed by atoms with Gasteiger partial charge in [-0.05, 0) is 42.9 Å². The summed E-state index contributed by atoms with van der Waals surface area (Å²) in [5.41, 5.74) is 1.52. The van der Waals surface area contributed by atoms with Crippen molar-refractivity contribution in [2.45, 2.75) is 52.6 Å². The third-order valence-corrected chi connectivity index (χ3v) is 7.22. The van der Waals surface area contributed by atoms with Gasteiger partial charge in [0.05, 0.1) is 12.3 Å². The number of carbonyl (C=O) groups is 1. The Morgan fingerprint density at radius 1 is 1.27 bits per heavy atom. The Labute approximate surface area is 217 Å². The lowest BCUT2D eigenvalue weighted by Gasteiger charge is -2.32. The Bertz CT molecular complexity index is 1230. The lowest BCUT2D eigenvalue weighted by atomic mass is 10.00. The lowest BCUT2D eigenvalue weighted by Crippen LogP contribution is -2.31. The summed E-state index contributed by atoms with van der Waals surface area (Å²) in [6, 6.07) is 3.11. The maximum atomic E-state index is 12.8. The fraction of sp³-hybridized carbons (Fsp3) is 0.591. The molecule has 1 aliphatic rings. The molecule has 37 heavy (non-hydrogen) atoms. The monoisotopic (exact) mass is 562 g/mol. The molecule has 15 heteroatoms. The molecule has 2 aromatic rings. The van der Waals surface area contributed by atoms with Crippen LogP contribution < -0.4 is 9.62 Å². The number of carbonyl (C=O) groups excluding carboxylic acids is 1. The van der Waals surface area contributed by atoms with Gasteiger partial charge in [0.1, 0.15) is 5.69 Å². The molecule has 0 atom stereocenters. The number of nitrogens with one attached hydrogen (secondary N) is 1. The number of esters is 1. The SMILES string of the molecule is CCCCN1CCCc2cc(N=Nc3nnc(C(=O)OCC(C)C)s3)c(NS(=O)(=O)CC(F)(F)F)cc21. The largest absolute Gasteiger partial charge is 0.460 e. The van der Waals surface area contributed by atoms with E-state index < -0.39 is 27.9 Å². The summed E-state index contributed by atoms with van der Waals surface area (Å²) in [5, 5.41) is 15.5. The number of azo groups is 1. The molecule has 0 amide bonds. The number of unbranched alkanes of at least 4 members (excludes halogenated alkanes) is 1. The standard InChI is InChI=1S/C22H29F3N6O4S2/c1-4-5-8-31-9-6-7-15-10-16(17(11-18(15)31)30-37(33,34)13-22(23,24)25)26-28-21-29-27-19(36-21)20(32)35-12-14(2)3/h10-11,14,30H,4-9,12-13H2,1-3H3. The highest BCUT2D eigenvalue weighted by Gasteiger charge is 2.35. The number of nitrogens with zero attached hydrogens (tertiary/aromatic N) is 5. The van der Waals surface area contributed by atoms with E-state index in [1.807, 2.05) is 25.5 Å². The van der Waals surface area contributed by atoms with E-state index in [1.54, 1.807) is 6.07 Å². The van der Waals surface area contributed by atoms with E-state index in [-0.39, 0.29) is 34.0 Å². The summed E-state index contributed by atoms with van der Waals surface area (Å²) in [6.07, 6.45) is -1.49. The number of ether oxygens (including phenoxy) is 1. The summed E-state index contributed by atoms with van der Waals surface area (Å²) in [7, 11) is -4.76. The van der Waals surface area contributed by atoms with Crippen LogP contribution in [0.2, 0.25) is 0 Å². The number of hydrogen-bond donors (Lipinski definition) is 1. The van der Waals surface area contributed by atoms with Gasteiger partial charge >= 0.3 is 12.1 Å². The highest BCUT2D eigenvalue weighted by molar-refractivity contribution is 7.92. The molecule has 0 unspecified atom stereocenters. The van der Waals surface area contributed by atoms with E-state index in [9.17, 15) is 26.4 Å². The second-order valence-corrected chi connectivity index (χ2v) is 11.7. The predicted molar refractivity (Wildman–Crippen MR) is 135 cm³/mol. The van der Waals surface area contributed by atoms with Gasteiger partial charge in [-0.2, -0.15) is 13.2 Å². The molecule has 1 aromatic heterocycles. The Hall–Kier alpha value is -2.81. The zero-order valence-corrected chi connectivity index (χ0v) is 22.3. The van der Waals surface area contributed by atoms with E-state index in [1.165, 1.54) is 6.07 Å². The fourth-order valence-corrected chi connectivity index (χ4v) is 5.16. The number of rotatable bonds is 11. The van der Waals surface area contributed by atoms with Crippen molar-refractivity contribution in [3.05, 3.63) is 22.7 Å². The highest BCUT2D eigenvalue weighted by Crippen LogP contribution is 2.39. The Morgan fingerprint density at radius 2 is 2.03 bits per heavy atom. The molecule has 0 aliphatic carbocycles.